The maximum absolute atomic E-state index is 12.7. The summed E-state index contributed by atoms with van der Waals surface area (Å²) >= 11 is 0. The molecule has 2 N–H and O–H groups in total. The van der Waals surface area contributed by atoms with Crippen LogP contribution < -0.4 is 10.6 Å². The van der Waals surface area contributed by atoms with Gasteiger partial charge in [-0.05, 0) is 48.4 Å². The van der Waals surface area contributed by atoms with Crippen LogP contribution in [0.3, 0.4) is 0 Å². The van der Waals surface area contributed by atoms with Crippen LogP contribution in [0.4, 0.5) is 11.4 Å². The summed E-state index contributed by atoms with van der Waals surface area (Å²) in [6.45, 7) is 6.24. The lowest BCUT2D eigenvalue weighted by Gasteiger charge is -2.14. The van der Waals surface area contributed by atoms with E-state index in [-0.39, 0.29) is 23.7 Å². The SMILES string of the molecule is CCc1ccccc1NC(=O)C1CC1C(=O)Nc1c(CC)cccc1CC. The van der Waals surface area contributed by atoms with E-state index in [2.05, 4.69) is 31.4 Å². The van der Waals surface area contributed by atoms with Crippen LogP contribution in [0.25, 0.3) is 0 Å². The largest absolute Gasteiger partial charge is 0.326 e. The molecule has 0 aromatic heterocycles. The predicted octanol–water partition coefficient (Wildman–Crippen LogP) is 4.59. The molecule has 4 heteroatoms. The van der Waals surface area contributed by atoms with E-state index in [1.165, 1.54) is 0 Å². The number of hydrogen-bond acceptors (Lipinski definition) is 2. The predicted molar refractivity (Wildman–Crippen MR) is 110 cm³/mol. The van der Waals surface area contributed by atoms with E-state index < -0.39 is 0 Å². The van der Waals surface area contributed by atoms with Crippen LogP contribution in [-0.2, 0) is 28.9 Å². The maximum atomic E-state index is 12.7. The van der Waals surface area contributed by atoms with Gasteiger partial charge in [0.15, 0.2) is 0 Å². The van der Waals surface area contributed by atoms with Crippen molar-refractivity contribution < 1.29 is 9.59 Å². The zero-order valence-electron chi connectivity index (χ0n) is 16.3. The molecule has 2 unspecified atom stereocenters. The first-order valence-electron chi connectivity index (χ1n) is 9.89. The summed E-state index contributed by atoms with van der Waals surface area (Å²) in [6.07, 6.45) is 3.21. The van der Waals surface area contributed by atoms with Crippen molar-refractivity contribution in [3.63, 3.8) is 0 Å². The summed E-state index contributed by atoms with van der Waals surface area (Å²) in [5.41, 5.74) is 5.16. The van der Waals surface area contributed by atoms with Gasteiger partial charge in [-0.15, -0.1) is 0 Å². The minimum absolute atomic E-state index is 0.0467. The molecule has 27 heavy (non-hydrogen) atoms. The van der Waals surface area contributed by atoms with Crippen molar-refractivity contribution >= 4 is 23.2 Å². The summed E-state index contributed by atoms with van der Waals surface area (Å²) in [7, 11) is 0. The van der Waals surface area contributed by atoms with Crippen molar-refractivity contribution in [2.24, 2.45) is 11.8 Å². The normalized spacial score (nSPS) is 18.0. The third-order valence-corrected chi connectivity index (χ3v) is 5.37. The molecule has 1 aliphatic rings. The van der Waals surface area contributed by atoms with Gasteiger partial charge in [0.2, 0.25) is 11.8 Å². The molecule has 0 radical (unpaired) electrons. The molecular weight excluding hydrogens is 336 g/mol. The van der Waals surface area contributed by atoms with E-state index in [9.17, 15) is 9.59 Å². The Kier molecular flexibility index (Phi) is 5.94. The van der Waals surface area contributed by atoms with E-state index in [4.69, 9.17) is 0 Å². The number of para-hydroxylation sites is 2. The monoisotopic (exact) mass is 364 g/mol. The first kappa shape index (κ1) is 19.2. The standard InChI is InChI=1S/C23H28N2O2/c1-4-15-10-7-8-13-20(15)24-22(26)18-14-19(18)23(27)25-21-16(5-2)11-9-12-17(21)6-3/h7-13,18-19H,4-6,14H2,1-3H3,(H,24,26)(H,25,27). The second kappa shape index (κ2) is 8.38. The highest BCUT2D eigenvalue weighted by molar-refractivity contribution is 6.04. The van der Waals surface area contributed by atoms with E-state index >= 15 is 0 Å². The first-order chi connectivity index (χ1) is 13.1. The first-order valence-corrected chi connectivity index (χ1v) is 9.89. The zero-order valence-corrected chi connectivity index (χ0v) is 16.3. The minimum atomic E-state index is -0.242. The van der Waals surface area contributed by atoms with Crippen molar-refractivity contribution in [3.05, 3.63) is 59.2 Å². The molecular formula is C23H28N2O2. The molecule has 0 heterocycles. The average Bonchev–Trinajstić information content (AvgIpc) is 3.49. The summed E-state index contributed by atoms with van der Waals surface area (Å²) in [6, 6.07) is 13.9. The Morgan fingerprint density at radius 3 is 1.89 bits per heavy atom. The lowest BCUT2D eigenvalue weighted by atomic mass is 10.0. The molecule has 2 amide bonds. The fourth-order valence-electron chi connectivity index (χ4n) is 3.57. The molecule has 1 aliphatic carbocycles. The Bertz CT molecular complexity index is 822. The van der Waals surface area contributed by atoms with E-state index in [0.29, 0.717) is 6.42 Å². The Hall–Kier alpha value is -2.62. The molecule has 2 atom stereocenters. The van der Waals surface area contributed by atoms with Crippen molar-refractivity contribution in [1.29, 1.82) is 0 Å². The van der Waals surface area contributed by atoms with Gasteiger partial charge in [-0.1, -0.05) is 57.2 Å². The van der Waals surface area contributed by atoms with Gasteiger partial charge < -0.3 is 10.6 Å². The molecule has 1 saturated carbocycles. The van der Waals surface area contributed by atoms with Crippen LogP contribution in [0.5, 0.6) is 0 Å². The third kappa shape index (κ3) is 4.21. The van der Waals surface area contributed by atoms with Crippen molar-refractivity contribution in [3.8, 4) is 0 Å². The van der Waals surface area contributed by atoms with Gasteiger partial charge in [0.1, 0.15) is 0 Å². The Balaban J connectivity index is 1.65. The Labute approximate surface area is 161 Å². The topological polar surface area (TPSA) is 58.2 Å². The lowest BCUT2D eigenvalue weighted by Crippen LogP contribution is -2.22. The number of hydrogen-bond donors (Lipinski definition) is 2. The van der Waals surface area contributed by atoms with Gasteiger partial charge in [0, 0.05) is 11.4 Å². The van der Waals surface area contributed by atoms with Gasteiger partial charge >= 0.3 is 0 Å². The molecule has 2 aromatic rings. The van der Waals surface area contributed by atoms with Gasteiger partial charge in [-0.25, -0.2) is 0 Å². The molecule has 0 bridgehead atoms. The highest BCUT2D eigenvalue weighted by Crippen LogP contribution is 2.41. The summed E-state index contributed by atoms with van der Waals surface area (Å²) in [5, 5.41) is 6.09. The van der Waals surface area contributed by atoms with Gasteiger partial charge in [-0.2, -0.15) is 0 Å². The molecule has 2 aromatic carbocycles. The van der Waals surface area contributed by atoms with E-state index in [1.54, 1.807) is 0 Å². The summed E-state index contributed by atoms with van der Waals surface area (Å²) in [5.74, 6) is -0.591. The maximum Gasteiger partial charge on any atom is 0.228 e. The molecule has 3 rings (SSSR count). The highest BCUT2D eigenvalue weighted by atomic mass is 16.2. The van der Waals surface area contributed by atoms with Crippen molar-refractivity contribution in [1.82, 2.24) is 0 Å². The van der Waals surface area contributed by atoms with Crippen LogP contribution in [-0.4, -0.2) is 11.8 Å². The van der Waals surface area contributed by atoms with Crippen LogP contribution in [0, 0.1) is 11.8 Å². The van der Waals surface area contributed by atoms with E-state index in [1.807, 2.05) is 42.5 Å². The Morgan fingerprint density at radius 2 is 1.30 bits per heavy atom. The van der Waals surface area contributed by atoms with Crippen molar-refractivity contribution in [2.45, 2.75) is 46.5 Å². The molecule has 0 saturated heterocycles. The Morgan fingerprint density at radius 1 is 0.778 bits per heavy atom. The van der Waals surface area contributed by atoms with Crippen LogP contribution >= 0.6 is 0 Å². The van der Waals surface area contributed by atoms with Gasteiger partial charge in [-0.3, -0.25) is 9.59 Å². The number of rotatable bonds is 7. The zero-order chi connectivity index (χ0) is 19.4. The highest BCUT2D eigenvalue weighted by Gasteiger charge is 2.48. The number of anilines is 2. The fourth-order valence-corrected chi connectivity index (χ4v) is 3.57. The smallest absolute Gasteiger partial charge is 0.228 e. The minimum Gasteiger partial charge on any atom is -0.326 e. The number of carbonyl (C=O) groups is 2. The number of benzene rings is 2. The van der Waals surface area contributed by atoms with Crippen molar-refractivity contribution in [2.75, 3.05) is 10.6 Å². The average molecular weight is 364 g/mol. The second-order valence-electron chi connectivity index (χ2n) is 7.10. The second-order valence-corrected chi connectivity index (χ2v) is 7.10. The van der Waals surface area contributed by atoms with Crippen LogP contribution in [0.1, 0.15) is 43.9 Å². The molecule has 0 spiro atoms. The molecule has 0 aliphatic heterocycles. The lowest BCUT2D eigenvalue weighted by molar-refractivity contribution is -0.122. The summed E-state index contributed by atoms with van der Waals surface area (Å²) < 4.78 is 0. The van der Waals surface area contributed by atoms with Crippen LogP contribution in [0.2, 0.25) is 0 Å². The number of aryl methyl sites for hydroxylation is 3. The van der Waals surface area contributed by atoms with Gasteiger partial charge in [0.05, 0.1) is 11.8 Å². The molecule has 142 valence electrons. The number of carbonyl (C=O) groups excluding carboxylic acids is 2. The third-order valence-electron chi connectivity index (χ3n) is 5.37. The van der Waals surface area contributed by atoms with Gasteiger partial charge in [0.25, 0.3) is 0 Å². The molecule has 1 fully saturated rings. The van der Waals surface area contributed by atoms with E-state index in [0.717, 1.165) is 47.3 Å². The quantitative estimate of drug-likeness (QED) is 0.755. The fraction of sp³-hybridized carbons (Fsp3) is 0.391. The summed E-state index contributed by atoms with van der Waals surface area (Å²) in [4.78, 5) is 25.3. The van der Waals surface area contributed by atoms with Crippen LogP contribution in [0.15, 0.2) is 42.5 Å². The number of amides is 2. The number of nitrogens with one attached hydrogen (secondary N) is 2. The molecule has 4 nitrogen and oxygen atoms in total.